The largest absolute Gasteiger partial charge is 0.504 e. The summed E-state index contributed by atoms with van der Waals surface area (Å²) in [6.07, 6.45) is -2.53. The Labute approximate surface area is 567 Å². The van der Waals surface area contributed by atoms with Crippen molar-refractivity contribution in [1.82, 2.24) is 56.8 Å². The number of anilines is 1. The molecule has 6 aliphatic rings. The van der Waals surface area contributed by atoms with Gasteiger partial charge in [0.1, 0.15) is 40.2 Å². The number of aliphatic hydroxyl groups is 8. The number of nitrogens with one attached hydrogen (secondary N) is 6. The van der Waals surface area contributed by atoms with Crippen LogP contribution in [0.25, 0.3) is 10.6 Å². The van der Waals surface area contributed by atoms with E-state index >= 15 is 0 Å². The molecule has 33 heteroatoms. The first-order valence-corrected chi connectivity index (χ1v) is 35.9. The normalized spacial score (nSPS) is 29.2. The summed E-state index contributed by atoms with van der Waals surface area (Å²) in [5.41, 5.74) is 2.08. The highest BCUT2D eigenvalue weighted by molar-refractivity contribution is 7.81. The van der Waals surface area contributed by atoms with Crippen LogP contribution in [0.4, 0.5) is 5.69 Å². The van der Waals surface area contributed by atoms with Crippen molar-refractivity contribution in [2.45, 2.75) is 182 Å². The number of β-amino-alcohol motifs (C(OH)–C–C–N with tert-alkyl or cyclic N) is 1. The molecule has 97 heavy (non-hydrogen) atoms. The van der Waals surface area contributed by atoms with Crippen molar-refractivity contribution in [3.8, 4) is 22.1 Å². The smallest absolute Gasteiger partial charge is 0.446 e. The maximum absolute atomic E-state index is 15.0. The van der Waals surface area contributed by atoms with Crippen LogP contribution in [0, 0.1) is 17.8 Å². The van der Waals surface area contributed by atoms with Gasteiger partial charge in [-0.05, 0) is 125 Å². The van der Waals surface area contributed by atoms with Crippen molar-refractivity contribution in [2.75, 3.05) is 83.6 Å². The second-order valence-corrected chi connectivity index (χ2v) is 29.1. The van der Waals surface area contributed by atoms with Gasteiger partial charge in [0.15, 0.2) is 11.5 Å². The van der Waals surface area contributed by atoms with Gasteiger partial charge in [-0.1, -0.05) is 43.6 Å². The number of hydrogen-bond donors (Lipinski definition) is 16. The Hall–Kier alpha value is -6.31. The number of phenols is 1. The van der Waals surface area contributed by atoms with Crippen molar-refractivity contribution in [2.24, 2.45) is 17.8 Å². The standard InChI is InChI=1S/C64H96N12O19S2/c1-35-30-76-55(56(35)85)60(89)67-29-44(80)26-46(66-28-37-8-11-40(12-9-37)61-71-72-62(96-61)41-13-15-43(16-14-41)74-22-20-73(21-23-74)31-38-6-4-3-5-7-38)57(86)68-52(36(2)79)63(90)75-32-45(81)27-47(75)58(87)69-53(50(84)24-39-10-17-48(82)51(25-39)95-97(92,93)94)59(88)70-54(64(76)91)49(83)18-19-65-42(33-77)34-78/h10,13-17,25,35-38,40,42,44-47,49-50,52-56,65-66,77-85H,3-9,11-12,18-24,26-34H2,1-2H3,(H,67,89)(H,68,86)(H,69,87)(H,70,88)(H,92,93,94)/t35-,36+,37?,40?,44+,45+,46-,47-,49+,50+,52-,53-,54-,55-,56-/m0/s1. The number of piperazine rings is 1. The third kappa shape index (κ3) is 19.8. The van der Waals surface area contributed by atoms with Crippen LogP contribution in [0.3, 0.4) is 0 Å². The lowest BCUT2D eigenvalue weighted by molar-refractivity contribution is -0.147. The van der Waals surface area contributed by atoms with Gasteiger partial charge in [0, 0.05) is 88.3 Å². The first-order valence-electron chi connectivity index (χ1n) is 33.7. The zero-order valence-electron chi connectivity index (χ0n) is 54.7. The van der Waals surface area contributed by atoms with Crippen molar-refractivity contribution in [3.05, 3.63) is 53.0 Å². The van der Waals surface area contributed by atoms with Crippen LogP contribution in [0.15, 0.2) is 42.5 Å². The van der Waals surface area contributed by atoms with E-state index in [4.69, 9.17) is 0 Å². The number of phenolic OH excluding ortho intramolecular Hbond substituents is 1. The van der Waals surface area contributed by atoms with Crippen LogP contribution in [0.5, 0.6) is 11.5 Å². The van der Waals surface area contributed by atoms with Crippen LogP contribution in [-0.2, 0) is 45.6 Å². The lowest BCUT2D eigenvalue weighted by Gasteiger charge is -2.38. The van der Waals surface area contributed by atoms with Crippen LogP contribution in [-0.4, -0.2) is 277 Å². The minimum Gasteiger partial charge on any atom is -0.504 e. The number of nitrogens with zero attached hydrogens (tertiary/aromatic N) is 6. The van der Waals surface area contributed by atoms with E-state index in [0.717, 1.165) is 88.5 Å². The fourth-order valence-electron chi connectivity index (χ4n) is 14.2. The molecule has 16 N–H and O–H groups in total. The molecule has 4 saturated heterocycles. The number of benzene rings is 2. The lowest BCUT2D eigenvalue weighted by atomic mass is 9.82. The SMILES string of the molecule is C[C@@H](O)[C@@H]1NC(=O)[C@@H](NCC2CCC(c3nnc(-c4ccc(N5CCN(CC6CCCCC6)CC5)cc4)s3)CC2)C[C@@H](O)CNC(=O)[C@@H]2[C@@H](O)[C@@H](C)CN2C(=O)[C@H]([C@H](O)CCNC(CO)CO)NC(=O)[C@H]([C@H](O)Cc2ccc(O)c(OS(=O)(=O)O)c2)NC(=O)[C@@H]2C[C@@H](O)CN2C1=O. The third-order valence-electron chi connectivity index (χ3n) is 19.8. The van der Waals surface area contributed by atoms with E-state index in [-0.39, 0.29) is 37.0 Å². The molecule has 9 rings (SSSR count). The molecule has 31 nitrogen and oxygen atoms in total. The number of aliphatic hydroxyl groups excluding tert-OH is 8. The quantitative estimate of drug-likeness (QED) is 0.0479. The molecule has 538 valence electrons. The average Bonchev–Trinajstić information content (AvgIpc) is 1.69. The molecule has 6 amide bonds. The second kappa shape index (κ2) is 34.2. The third-order valence-corrected chi connectivity index (χ3v) is 21.3. The number of carbonyl (C=O) groups is 6. The lowest BCUT2D eigenvalue weighted by Crippen LogP contribution is -2.64. The molecular weight excluding hydrogens is 1300 g/mol. The predicted molar refractivity (Wildman–Crippen MR) is 352 cm³/mol. The number of aromatic hydroxyl groups is 1. The summed E-state index contributed by atoms with van der Waals surface area (Å²) >= 11 is 1.56. The van der Waals surface area contributed by atoms with Crippen molar-refractivity contribution >= 4 is 62.9 Å². The molecule has 0 unspecified atom stereocenters. The fraction of sp³-hybridized carbons (Fsp3) is 0.688. The summed E-state index contributed by atoms with van der Waals surface area (Å²) < 4.78 is 37.1. The molecule has 6 fully saturated rings. The summed E-state index contributed by atoms with van der Waals surface area (Å²) in [5.74, 6) is -8.17. The van der Waals surface area contributed by atoms with Gasteiger partial charge in [0.2, 0.25) is 35.4 Å². The monoisotopic (exact) mass is 1400 g/mol. The molecule has 0 spiro atoms. The molecule has 3 aromatic rings. The molecule has 13 atom stereocenters. The molecule has 5 heterocycles. The summed E-state index contributed by atoms with van der Waals surface area (Å²) in [6.45, 7) is 5.51. The van der Waals surface area contributed by atoms with Crippen molar-refractivity contribution in [3.63, 3.8) is 0 Å². The minimum absolute atomic E-state index is 0.00648. The number of fused-ring (bicyclic) bond motifs is 2. The van der Waals surface area contributed by atoms with Gasteiger partial charge in [-0.3, -0.25) is 38.2 Å². The van der Waals surface area contributed by atoms with E-state index in [0.29, 0.717) is 12.8 Å². The van der Waals surface area contributed by atoms with Crippen LogP contribution >= 0.6 is 11.3 Å². The molecule has 2 saturated carbocycles. The van der Waals surface area contributed by atoms with E-state index in [9.17, 15) is 87.7 Å². The van der Waals surface area contributed by atoms with Crippen molar-refractivity contribution in [1.29, 1.82) is 0 Å². The Morgan fingerprint density at radius 1 is 0.732 bits per heavy atom. The topological polar surface area (TPSA) is 459 Å². The summed E-state index contributed by atoms with van der Waals surface area (Å²) in [5, 5.41) is 126. The maximum Gasteiger partial charge on any atom is 0.446 e. The summed E-state index contributed by atoms with van der Waals surface area (Å²) in [6, 6.07) is -0.255. The van der Waals surface area contributed by atoms with E-state index in [1.54, 1.807) is 11.3 Å². The van der Waals surface area contributed by atoms with Crippen LogP contribution in [0.2, 0.25) is 0 Å². The van der Waals surface area contributed by atoms with Gasteiger partial charge in [0.25, 0.3) is 0 Å². The van der Waals surface area contributed by atoms with Crippen LogP contribution in [0.1, 0.15) is 107 Å². The number of aromatic nitrogens is 2. The van der Waals surface area contributed by atoms with E-state index in [2.05, 4.69) is 80.3 Å². The van der Waals surface area contributed by atoms with Gasteiger partial charge in [-0.25, -0.2) is 0 Å². The van der Waals surface area contributed by atoms with Crippen LogP contribution < -0.4 is 41.0 Å². The molecular formula is C64H96N12O19S2. The zero-order chi connectivity index (χ0) is 69.8. The fourth-order valence-corrected chi connectivity index (χ4v) is 15.5. The van der Waals surface area contributed by atoms with E-state index in [1.165, 1.54) is 58.2 Å². The van der Waals surface area contributed by atoms with Crippen molar-refractivity contribution < 1.29 is 91.9 Å². The van der Waals surface area contributed by atoms with Gasteiger partial charge >= 0.3 is 10.4 Å². The van der Waals surface area contributed by atoms with Gasteiger partial charge < -0.3 is 96.7 Å². The first-order chi connectivity index (χ1) is 46.3. The Morgan fingerprint density at radius 3 is 2.07 bits per heavy atom. The molecule has 1 aromatic heterocycles. The zero-order valence-corrected chi connectivity index (χ0v) is 56.3. The van der Waals surface area contributed by atoms with Gasteiger partial charge in [-0.2, -0.15) is 8.42 Å². The Balaban J connectivity index is 0.925. The predicted octanol–water partition coefficient (Wildman–Crippen LogP) is -2.79. The average molecular weight is 1400 g/mol. The first kappa shape index (κ1) is 74.9. The highest BCUT2D eigenvalue weighted by Gasteiger charge is 2.50. The Bertz CT molecular complexity index is 3260. The number of rotatable bonds is 21. The molecule has 0 radical (unpaired) electrons. The molecule has 0 bridgehead atoms. The molecule has 2 aromatic carbocycles. The number of hydrogen-bond acceptors (Lipinski definition) is 25. The number of amides is 6. The Morgan fingerprint density at radius 2 is 1.40 bits per heavy atom. The summed E-state index contributed by atoms with van der Waals surface area (Å²) in [4.78, 5) is 95.1. The molecule has 2 aliphatic carbocycles. The second-order valence-electron chi connectivity index (χ2n) is 27.1. The maximum atomic E-state index is 15.0. The molecule has 4 aliphatic heterocycles. The minimum atomic E-state index is -5.22. The highest BCUT2D eigenvalue weighted by Crippen LogP contribution is 2.39. The highest BCUT2D eigenvalue weighted by atomic mass is 32.3. The summed E-state index contributed by atoms with van der Waals surface area (Å²) in [7, 11) is -5.22. The number of carbonyl (C=O) groups excluding carboxylic acids is 6. The Kier molecular flexibility index (Phi) is 26.4. The van der Waals surface area contributed by atoms with Gasteiger partial charge in [-0.15, -0.1) is 10.2 Å². The van der Waals surface area contributed by atoms with E-state index in [1.807, 2.05) is 0 Å². The van der Waals surface area contributed by atoms with Gasteiger partial charge in [0.05, 0.1) is 61.9 Å². The van der Waals surface area contributed by atoms with E-state index < -0.39 is 194 Å².